The Morgan fingerprint density at radius 3 is 2.53 bits per heavy atom. The zero-order chi connectivity index (χ0) is 21.5. The number of nitro benzene ring substituents is 1. The summed E-state index contributed by atoms with van der Waals surface area (Å²) in [7, 11) is -3.81. The summed E-state index contributed by atoms with van der Waals surface area (Å²) in [5.74, 6) is -0.581. The van der Waals surface area contributed by atoms with Crippen molar-refractivity contribution in [2.75, 3.05) is 31.1 Å². The molecule has 4 rings (SSSR count). The van der Waals surface area contributed by atoms with Crippen LogP contribution >= 0.6 is 0 Å². The van der Waals surface area contributed by atoms with Crippen molar-refractivity contribution in [3.8, 4) is 0 Å². The summed E-state index contributed by atoms with van der Waals surface area (Å²) in [4.78, 5) is 16.8. The quantitative estimate of drug-likeness (QED) is 0.466. The molecule has 10 heteroatoms. The van der Waals surface area contributed by atoms with Crippen molar-refractivity contribution < 1.29 is 17.7 Å². The molecule has 0 radical (unpaired) electrons. The van der Waals surface area contributed by atoms with E-state index in [9.17, 15) is 22.9 Å². The van der Waals surface area contributed by atoms with E-state index >= 15 is 0 Å². The maximum Gasteiger partial charge on any atom is 0.292 e. The second-order valence-electron chi connectivity index (χ2n) is 7.12. The Balaban J connectivity index is 1.61. The van der Waals surface area contributed by atoms with Gasteiger partial charge in [0.25, 0.3) is 5.69 Å². The van der Waals surface area contributed by atoms with E-state index in [1.54, 1.807) is 17.2 Å². The maximum absolute atomic E-state index is 13.7. The highest BCUT2D eigenvalue weighted by atomic mass is 32.2. The zero-order valence-corrected chi connectivity index (χ0v) is 17.0. The molecule has 0 atom stereocenters. The van der Waals surface area contributed by atoms with Crippen LogP contribution < -0.4 is 4.90 Å². The van der Waals surface area contributed by atoms with E-state index in [-0.39, 0.29) is 42.4 Å². The van der Waals surface area contributed by atoms with Crippen molar-refractivity contribution in [1.29, 1.82) is 0 Å². The summed E-state index contributed by atoms with van der Waals surface area (Å²) in [6, 6.07) is 10.2. The molecule has 1 fully saturated rings. The van der Waals surface area contributed by atoms with Gasteiger partial charge in [0.2, 0.25) is 10.0 Å². The van der Waals surface area contributed by atoms with Gasteiger partial charge in [-0.1, -0.05) is 12.1 Å². The van der Waals surface area contributed by atoms with E-state index < -0.39 is 20.8 Å². The molecule has 30 heavy (non-hydrogen) atoms. The fourth-order valence-corrected chi connectivity index (χ4v) is 5.25. The Hall–Kier alpha value is -3.11. The Labute approximate surface area is 172 Å². The van der Waals surface area contributed by atoms with Crippen LogP contribution in [-0.4, -0.2) is 48.8 Å². The number of pyridine rings is 1. The standard InChI is InChI=1S/C20H19FN4O4S/c1-14-11-15-3-2-4-19(20(15)22-13-14)30(28,29)24-9-7-23(8-10-24)18-12-16(21)5-6-17(18)25(26)27/h2-6,11-13H,7-10H2,1H3. The lowest BCUT2D eigenvalue weighted by atomic mass is 10.2. The number of aryl methyl sites for hydroxylation is 1. The van der Waals surface area contributed by atoms with Crippen LogP contribution in [0.5, 0.6) is 0 Å². The first kappa shape index (κ1) is 20.2. The fraction of sp³-hybridized carbons (Fsp3) is 0.250. The Morgan fingerprint density at radius 1 is 1.10 bits per heavy atom. The topological polar surface area (TPSA) is 96.7 Å². The number of anilines is 1. The van der Waals surface area contributed by atoms with Gasteiger partial charge in [-0.3, -0.25) is 15.1 Å². The van der Waals surface area contributed by atoms with Crippen LogP contribution in [0.1, 0.15) is 5.56 Å². The first-order valence-corrected chi connectivity index (χ1v) is 10.8. The SMILES string of the molecule is Cc1cnc2c(S(=O)(=O)N3CCN(c4cc(F)ccc4[N+](=O)[O-])CC3)cccc2c1. The number of nitro groups is 1. The third-order valence-corrected chi connectivity index (χ3v) is 7.07. The number of benzene rings is 2. The number of hydrogen-bond acceptors (Lipinski definition) is 6. The van der Waals surface area contributed by atoms with Crippen LogP contribution in [0, 0.1) is 22.9 Å². The Kier molecular flexibility index (Phi) is 5.12. The minimum absolute atomic E-state index is 0.123. The summed E-state index contributed by atoms with van der Waals surface area (Å²) >= 11 is 0. The van der Waals surface area contributed by atoms with Gasteiger partial charge in [-0.2, -0.15) is 4.31 Å². The van der Waals surface area contributed by atoms with E-state index in [1.807, 2.05) is 19.1 Å². The molecule has 0 unspecified atom stereocenters. The normalized spacial score (nSPS) is 15.5. The van der Waals surface area contributed by atoms with Gasteiger partial charge in [0.1, 0.15) is 16.4 Å². The number of sulfonamides is 1. The van der Waals surface area contributed by atoms with E-state index in [0.717, 1.165) is 29.1 Å². The molecular formula is C20H19FN4O4S. The van der Waals surface area contributed by atoms with Crippen LogP contribution in [-0.2, 0) is 10.0 Å². The molecule has 0 aliphatic carbocycles. The smallest absolute Gasteiger partial charge is 0.292 e. The largest absolute Gasteiger partial charge is 0.363 e. The molecule has 8 nitrogen and oxygen atoms in total. The lowest BCUT2D eigenvalue weighted by molar-refractivity contribution is -0.384. The van der Waals surface area contributed by atoms with E-state index in [1.165, 1.54) is 10.4 Å². The highest BCUT2D eigenvalue weighted by molar-refractivity contribution is 7.89. The van der Waals surface area contributed by atoms with Gasteiger partial charge >= 0.3 is 0 Å². The van der Waals surface area contributed by atoms with Crippen molar-refractivity contribution in [3.05, 3.63) is 70.2 Å². The number of nitrogens with zero attached hydrogens (tertiary/aromatic N) is 4. The summed E-state index contributed by atoms with van der Waals surface area (Å²) < 4.78 is 41.5. The summed E-state index contributed by atoms with van der Waals surface area (Å²) in [5.41, 5.74) is 1.29. The molecule has 0 saturated carbocycles. The van der Waals surface area contributed by atoms with Crippen LogP contribution in [0.3, 0.4) is 0 Å². The van der Waals surface area contributed by atoms with Crippen molar-refractivity contribution in [3.63, 3.8) is 0 Å². The summed E-state index contributed by atoms with van der Waals surface area (Å²) in [6.07, 6.45) is 1.63. The lowest BCUT2D eigenvalue weighted by Gasteiger charge is -2.35. The predicted octanol–water partition coefficient (Wildman–Crippen LogP) is 3.10. The van der Waals surface area contributed by atoms with E-state index in [4.69, 9.17) is 0 Å². The molecular weight excluding hydrogens is 411 g/mol. The number of aromatic nitrogens is 1. The van der Waals surface area contributed by atoms with Gasteiger partial charge < -0.3 is 4.90 Å². The molecule has 1 aliphatic rings. The second kappa shape index (κ2) is 7.62. The van der Waals surface area contributed by atoms with Crippen molar-refractivity contribution in [1.82, 2.24) is 9.29 Å². The van der Waals surface area contributed by atoms with Gasteiger partial charge in [0, 0.05) is 49.9 Å². The average Bonchev–Trinajstić information content (AvgIpc) is 2.73. The highest BCUT2D eigenvalue weighted by Crippen LogP contribution is 2.31. The van der Waals surface area contributed by atoms with Crippen molar-refractivity contribution >= 4 is 32.3 Å². The average molecular weight is 430 g/mol. The minimum Gasteiger partial charge on any atom is -0.363 e. The lowest BCUT2D eigenvalue weighted by Crippen LogP contribution is -2.48. The Bertz CT molecular complexity index is 1240. The predicted molar refractivity (Wildman–Crippen MR) is 111 cm³/mol. The van der Waals surface area contributed by atoms with Crippen molar-refractivity contribution in [2.45, 2.75) is 11.8 Å². The molecule has 0 amide bonds. The molecule has 2 heterocycles. The van der Waals surface area contributed by atoms with Crippen molar-refractivity contribution in [2.24, 2.45) is 0 Å². The third kappa shape index (κ3) is 3.59. The van der Waals surface area contributed by atoms with Gasteiger partial charge in [-0.15, -0.1) is 0 Å². The molecule has 1 aromatic heterocycles. The van der Waals surface area contributed by atoms with Crippen LogP contribution in [0.2, 0.25) is 0 Å². The number of para-hydroxylation sites is 1. The van der Waals surface area contributed by atoms with Gasteiger partial charge in [0.05, 0.1) is 10.4 Å². The molecule has 1 saturated heterocycles. The van der Waals surface area contributed by atoms with Gasteiger partial charge in [-0.25, -0.2) is 12.8 Å². The molecule has 156 valence electrons. The first-order chi connectivity index (χ1) is 14.3. The number of piperazine rings is 1. The second-order valence-corrected chi connectivity index (χ2v) is 9.03. The summed E-state index contributed by atoms with van der Waals surface area (Å²) in [5, 5.41) is 12.0. The molecule has 0 bridgehead atoms. The number of rotatable bonds is 4. The minimum atomic E-state index is -3.81. The van der Waals surface area contributed by atoms with E-state index in [0.29, 0.717) is 5.52 Å². The molecule has 2 aromatic carbocycles. The number of hydrogen-bond donors (Lipinski definition) is 0. The molecule has 3 aromatic rings. The summed E-state index contributed by atoms with van der Waals surface area (Å²) in [6.45, 7) is 2.55. The van der Waals surface area contributed by atoms with Gasteiger partial charge in [0.15, 0.2) is 0 Å². The fourth-order valence-electron chi connectivity index (χ4n) is 3.66. The van der Waals surface area contributed by atoms with Crippen LogP contribution in [0.25, 0.3) is 10.9 Å². The highest BCUT2D eigenvalue weighted by Gasteiger charge is 2.32. The molecule has 0 N–H and O–H groups in total. The van der Waals surface area contributed by atoms with Crippen LogP contribution in [0.4, 0.5) is 15.8 Å². The zero-order valence-electron chi connectivity index (χ0n) is 16.2. The Morgan fingerprint density at radius 2 is 1.83 bits per heavy atom. The molecule has 0 spiro atoms. The van der Waals surface area contributed by atoms with Gasteiger partial charge in [-0.05, 0) is 30.7 Å². The first-order valence-electron chi connectivity index (χ1n) is 9.32. The number of halogens is 1. The number of fused-ring (bicyclic) bond motifs is 1. The third-order valence-electron chi connectivity index (χ3n) is 5.14. The van der Waals surface area contributed by atoms with E-state index in [2.05, 4.69) is 4.98 Å². The maximum atomic E-state index is 13.7. The monoisotopic (exact) mass is 430 g/mol. The van der Waals surface area contributed by atoms with Crippen LogP contribution in [0.15, 0.2) is 53.6 Å². The molecule has 1 aliphatic heterocycles.